The Morgan fingerprint density at radius 1 is 1.23 bits per heavy atom. The minimum atomic E-state index is -5.08. The summed E-state index contributed by atoms with van der Waals surface area (Å²) >= 11 is 0. The van der Waals surface area contributed by atoms with Gasteiger partial charge >= 0.3 is 12.1 Å². The van der Waals surface area contributed by atoms with Gasteiger partial charge in [0.1, 0.15) is 0 Å². The summed E-state index contributed by atoms with van der Waals surface area (Å²) < 4.78 is 33.6. The molecule has 12 heteroatoms. The number of carboxylic acids is 1. The van der Waals surface area contributed by atoms with Gasteiger partial charge in [0.05, 0.1) is 18.4 Å². The minimum absolute atomic E-state index is 0.0649. The van der Waals surface area contributed by atoms with Crippen LogP contribution in [0.1, 0.15) is 31.0 Å². The van der Waals surface area contributed by atoms with E-state index >= 15 is 0 Å². The Morgan fingerprint density at radius 2 is 1.84 bits per heavy atom. The van der Waals surface area contributed by atoms with Crippen LogP contribution in [0.25, 0.3) is 0 Å². The molecule has 2 heterocycles. The van der Waals surface area contributed by atoms with E-state index in [0.717, 1.165) is 49.4 Å². The van der Waals surface area contributed by atoms with Crippen LogP contribution in [0.3, 0.4) is 0 Å². The summed E-state index contributed by atoms with van der Waals surface area (Å²) in [7, 11) is 0. The predicted octanol–water partition coefficient (Wildman–Crippen LogP) is 1.76. The van der Waals surface area contributed by atoms with Crippen molar-refractivity contribution in [3.63, 3.8) is 0 Å². The van der Waals surface area contributed by atoms with E-state index in [1.165, 1.54) is 6.92 Å². The summed E-state index contributed by atoms with van der Waals surface area (Å²) in [4.78, 5) is 19.9. The highest BCUT2D eigenvalue weighted by atomic mass is 19.4. The van der Waals surface area contributed by atoms with E-state index in [0.29, 0.717) is 12.6 Å². The normalized spacial score (nSPS) is 14.5. The highest BCUT2D eigenvalue weighted by Crippen LogP contribution is 2.13. The molecule has 0 atom stereocenters. The molecule has 1 aromatic carbocycles. The van der Waals surface area contributed by atoms with Crippen molar-refractivity contribution in [1.82, 2.24) is 25.6 Å². The topological polar surface area (TPSA) is 121 Å². The number of carboxylic acid groups (broad SMARTS) is 1. The van der Waals surface area contributed by atoms with Gasteiger partial charge in [-0.15, -0.1) is 5.10 Å². The van der Waals surface area contributed by atoms with Crippen LogP contribution < -0.4 is 16.0 Å². The molecular formula is C19H25F3N6O3. The van der Waals surface area contributed by atoms with Crippen molar-refractivity contribution < 1.29 is 27.9 Å². The molecule has 1 saturated heterocycles. The third kappa shape index (κ3) is 9.13. The molecule has 31 heavy (non-hydrogen) atoms. The molecule has 4 N–H and O–H groups in total. The zero-order valence-corrected chi connectivity index (χ0v) is 16.9. The van der Waals surface area contributed by atoms with E-state index in [9.17, 15) is 18.0 Å². The molecule has 0 aliphatic carbocycles. The largest absolute Gasteiger partial charge is 0.490 e. The van der Waals surface area contributed by atoms with Crippen LogP contribution in [-0.2, 0) is 22.7 Å². The van der Waals surface area contributed by atoms with Crippen molar-refractivity contribution in [2.45, 2.75) is 45.1 Å². The zero-order valence-electron chi connectivity index (χ0n) is 16.9. The average molecular weight is 442 g/mol. The van der Waals surface area contributed by atoms with Gasteiger partial charge in [-0.05, 0) is 43.6 Å². The number of benzene rings is 1. The van der Waals surface area contributed by atoms with E-state index < -0.39 is 12.1 Å². The summed E-state index contributed by atoms with van der Waals surface area (Å²) in [6.07, 6.45) is -0.778. The van der Waals surface area contributed by atoms with Gasteiger partial charge in [0, 0.05) is 25.2 Å². The second-order valence-corrected chi connectivity index (χ2v) is 6.99. The number of nitrogens with zero attached hydrogens (tertiary/aromatic N) is 3. The predicted molar refractivity (Wildman–Crippen MR) is 106 cm³/mol. The molecule has 9 nitrogen and oxygen atoms in total. The van der Waals surface area contributed by atoms with Gasteiger partial charge in [-0.25, -0.2) is 9.48 Å². The molecule has 1 aromatic heterocycles. The lowest BCUT2D eigenvalue weighted by atomic mass is 10.1. The number of halogens is 3. The number of hydrogen-bond acceptors (Lipinski definition) is 6. The van der Waals surface area contributed by atoms with Gasteiger partial charge in [-0.3, -0.25) is 4.79 Å². The van der Waals surface area contributed by atoms with Crippen LogP contribution in [0, 0.1) is 0 Å². The number of carbonyl (C=O) groups is 2. The van der Waals surface area contributed by atoms with Crippen molar-refractivity contribution in [2.24, 2.45) is 0 Å². The smallest absolute Gasteiger partial charge is 0.475 e. The first kappa shape index (κ1) is 24.3. The van der Waals surface area contributed by atoms with Crippen LogP contribution in [0.2, 0.25) is 0 Å². The molecule has 1 amide bonds. The van der Waals surface area contributed by atoms with E-state index in [-0.39, 0.29) is 5.91 Å². The molecule has 1 aliphatic rings. The van der Waals surface area contributed by atoms with Crippen LogP contribution in [0.15, 0.2) is 30.5 Å². The molecule has 0 bridgehead atoms. The molecule has 0 spiro atoms. The maximum Gasteiger partial charge on any atom is 0.490 e. The lowest BCUT2D eigenvalue weighted by molar-refractivity contribution is -0.192. The third-order valence-electron chi connectivity index (χ3n) is 4.36. The molecule has 0 unspecified atom stereocenters. The van der Waals surface area contributed by atoms with Crippen molar-refractivity contribution >= 4 is 17.6 Å². The van der Waals surface area contributed by atoms with Crippen LogP contribution in [-0.4, -0.2) is 57.3 Å². The Kier molecular flexibility index (Phi) is 8.94. The Bertz CT molecular complexity index is 848. The fourth-order valence-electron chi connectivity index (χ4n) is 2.86. The summed E-state index contributed by atoms with van der Waals surface area (Å²) in [5, 5.41) is 25.2. The van der Waals surface area contributed by atoms with E-state index in [1.54, 1.807) is 0 Å². The first-order valence-corrected chi connectivity index (χ1v) is 9.63. The van der Waals surface area contributed by atoms with Crippen molar-refractivity contribution in [1.29, 1.82) is 0 Å². The second-order valence-electron chi connectivity index (χ2n) is 6.99. The van der Waals surface area contributed by atoms with Gasteiger partial charge in [0.2, 0.25) is 5.91 Å². The zero-order chi connectivity index (χ0) is 22.9. The monoisotopic (exact) mass is 442 g/mol. The molecule has 1 aliphatic heterocycles. The van der Waals surface area contributed by atoms with Crippen molar-refractivity contribution in [3.05, 3.63) is 41.7 Å². The Morgan fingerprint density at radius 3 is 2.39 bits per heavy atom. The highest BCUT2D eigenvalue weighted by Gasteiger charge is 2.38. The van der Waals surface area contributed by atoms with E-state index in [4.69, 9.17) is 9.90 Å². The summed E-state index contributed by atoms with van der Waals surface area (Å²) in [6.45, 7) is 5.09. The summed E-state index contributed by atoms with van der Waals surface area (Å²) in [6, 6.07) is 8.33. The first-order chi connectivity index (χ1) is 14.6. The minimum Gasteiger partial charge on any atom is -0.475 e. The molecule has 3 rings (SSSR count). The standard InChI is InChI=1S/C17H24N6O.C2HF3O2/c1-13(24)20-16-4-2-14(3-5-16)11-23-12-17(21-22-23)10-19-15-6-8-18-9-7-15;3-2(4,5)1(6)7/h2-5,12,15,18-19H,6-11H2,1H3,(H,20,24);(H,6,7). The Labute approximate surface area is 177 Å². The van der Waals surface area contributed by atoms with Gasteiger partial charge < -0.3 is 21.1 Å². The summed E-state index contributed by atoms with van der Waals surface area (Å²) in [5.41, 5.74) is 2.88. The van der Waals surface area contributed by atoms with E-state index in [2.05, 4.69) is 26.3 Å². The van der Waals surface area contributed by atoms with Crippen LogP contribution in [0.5, 0.6) is 0 Å². The van der Waals surface area contributed by atoms with Gasteiger partial charge in [0.25, 0.3) is 0 Å². The average Bonchev–Trinajstić information content (AvgIpc) is 3.15. The molecule has 0 radical (unpaired) electrons. The molecule has 2 aromatic rings. The number of anilines is 1. The Hall–Kier alpha value is -2.99. The maximum atomic E-state index is 11.0. The fraction of sp³-hybridized carbons (Fsp3) is 0.474. The maximum absolute atomic E-state index is 11.0. The fourth-order valence-corrected chi connectivity index (χ4v) is 2.86. The number of carbonyl (C=O) groups excluding carboxylic acids is 1. The van der Waals surface area contributed by atoms with Crippen molar-refractivity contribution in [3.8, 4) is 0 Å². The number of nitrogens with one attached hydrogen (secondary N) is 3. The lowest BCUT2D eigenvalue weighted by Gasteiger charge is -2.23. The number of piperidine rings is 1. The number of amides is 1. The first-order valence-electron chi connectivity index (χ1n) is 9.63. The number of rotatable bonds is 6. The number of aromatic nitrogens is 3. The molecule has 170 valence electrons. The van der Waals surface area contributed by atoms with Gasteiger partial charge in [-0.2, -0.15) is 13.2 Å². The summed E-state index contributed by atoms with van der Waals surface area (Å²) in [5.74, 6) is -2.82. The number of aliphatic carboxylic acids is 1. The van der Waals surface area contributed by atoms with Crippen molar-refractivity contribution in [2.75, 3.05) is 18.4 Å². The number of hydrogen-bond donors (Lipinski definition) is 4. The van der Waals surface area contributed by atoms with Gasteiger partial charge in [0.15, 0.2) is 0 Å². The molecule has 0 saturated carbocycles. The molecular weight excluding hydrogens is 417 g/mol. The van der Waals surface area contributed by atoms with Crippen LogP contribution >= 0.6 is 0 Å². The third-order valence-corrected chi connectivity index (χ3v) is 4.36. The number of alkyl halides is 3. The van der Waals surface area contributed by atoms with Crippen LogP contribution in [0.4, 0.5) is 18.9 Å². The highest BCUT2D eigenvalue weighted by molar-refractivity contribution is 5.88. The Balaban J connectivity index is 0.000000423. The van der Waals surface area contributed by atoms with E-state index in [1.807, 2.05) is 35.1 Å². The quantitative estimate of drug-likeness (QED) is 0.538. The lowest BCUT2D eigenvalue weighted by Crippen LogP contribution is -2.39. The molecule has 1 fully saturated rings. The second kappa shape index (κ2) is 11.4. The van der Waals surface area contributed by atoms with Gasteiger partial charge in [-0.1, -0.05) is 17.3 Å². The SMILES string of the molecule is CC(=O)Nc1ccc(Cn2cc(CNC3CCNCC3)nn2)cc1.O=C(O)C(F)(F)F.